The summed E-state index contributed by atoms with van der Waals surface area (Å²) in [5.41, 5.74) is 0.431. The summed E-state index contributed by atoms with van der Waals surface area (Å²) < 4.78 is 0. The molecule has 1 rings (SSSR count). The van der Waals surface area contributed by atoms with Gasteiger partial charge in [0, 0.05) is 12.8 Å². The van der Waals surface area contributed by atoms with Crippen molar-refractivity contribution in [3.63, 3.8) is 0 Å². The molecular formula is C12H22O. The Kier molecular flexibility index (Phi) is 3.52. The number of ketones is 1. The summed E-state index contributed by atoms with van der Waals surface area (Å²) in [6, 6.07) is 0. The van der Waals surface area contributed by atoms with Gasteiger partial charge in [-0.3, -0.25) is 4.79 Å². The highest BCUT2D eigenvalue weighted by molar-refractivity contribution is 5.79. The van der Waals surface area contributed by atoms with E-state index in [0.717, 1.165) is 19.3 Å². The zero-order valence-electron chi connectivity index (χ0n) is 9.23. The Balaban J connectivity index is 2.25. The van der Waals surface area contributed by atoms with E-state index in [0.29, 0.717) is 17.1 Å². The molecule has 1 saturated carbocycles. The molecule has 0 aromatic rings. The van der Waals surface area contributed by atoms with Gasteiger partial charge in [0.15, 0.2) is 0 Å². The van der Waals surface area contributed by atoms with E-state index in [-0.39, 0.29) is 0 Å². The second-order valence-electron chi connectivity index (χ2n) is 5.60. The van der Waals surface area contributed by atoms with Crippen molar-refractivity contribution >= 4 is 5.78 Å². The third kappa shape index (κ3) is 4.44. The van der Waals surface area contributed by atoms with Crippen LogP contribution in [0, 0.1) is 11.3 Å². The summed E-state index contributed by atoms with van der Waals surface area (Å²) in [4.78, 5) is 11.2. The maximum absolute atomic E-state index is 11.2. The molecule has 1 unspecified atom stereocenters. The van der Waals surface area contributed by atoms with Gasteiger partial charge in [0.1, 0.15) is 5.78 Å². The molecule has 0 bridgehead atoms. The van der Waals surface area contributed by atoms with E-state index in [1.165, 1.54) is 19.3 Å². The number of Topliss-reactive ketones (excluding diaryl/α,β-unsaturated/α-hetero) is 1. The highest BCUT2D eigenvalue weighted by Crippen LogP contribution is 2.30. The van der Waals surface area contributed by atoms with Gasteiger partial charge in [-0.1, -0.05) is 20.8 Å². The largest absolute Gasteiger partial charge is 0.300 e. The Morgan fingerprint density at radius 2 is 2.08 bits per heavy atom. The Labute approximate surface area is 81.9 Å². The lowest BCUT2D eigenvalue weighted by Crippen LogP contribution is -2.17. The molecule has 0 radical (unpaired) electrons. The fraction of sp³-hybridized carbons (Fsp3) is 0.917. The van der Waals surface area contributed by atoms with Crippen LogP contribution in [-0.4, -0.2) is 5.78 Å². The molecule has 1 atom stereocenters. The first kappa shape index (κ1) is 10.7. The molecule has 13 heavy (non-hydrogen) atoms. The van der Waals surface area contributed by atoms with Crippen molar-refractivity contribution < 1.29 is 4.79 Å². The molecular weight excluding hydrogens is 160 g/mol. The van der Waals surface area contributed by atoms with Gasteiger partial charge in [-0.2, -0.15) is 0 Å². The molecule has 1 heteroatoms. The first-order chi connectivity index (χ1) is 5.97. The van der Waals surface area contributed by atoms with Crippen LogP contribution >= 0.6 is 0 Å². The summed E-state index contributed by atoms with van der Waals surface area (Å²) in [5, 5.41) is 0. The topological polar surface area (TPSA) is 17.1 Å². The van der Waals surface area contributed by atoms with Crippen LogP contribution in [0.3, 0.4) is 0 Å². The van der Waals surface area contributed by atoms with Gasteiger partial charge >= 0.3 is 0 Å². The Morgan fingerprint density at radius 1 is 1.38 bits per heavy atom. The predicted octanol–water partition coefficient (Wildman–Crippen LogP) is 3.57. The van der Waals surface area contributed by atoms with Crippen molar-refractivity contribution in [2.75, 3.05) is 0 Å². The molecule has 0 aromatic heterocycles. The molecule has 0 aromatic carbocycles. The van der Waals surface area contributed by atoms with Gasteiger partial charge in [-0.05, 0) is 37.0 Å². The van der Waals surface area contributed by atoms with Crippen LogP contribution in [0.15, 0.2) is 0 Å². The molecule has 76 valence electrons. The number of hydrogen-bond acceptors (Lipinski definition) is 1. The predicted molar refractivity (Wildman–Crippen MR) is 55.7 cm³/mol. The van der Waals surface area contributed by atoms with E-state index in [4.69, 9.17) is 0 Å². The number of rotatable bonds is 2. The minimum Gasteiger partial charge on any atom is -0.300 e. The number of carbonyl (C=O) groups is 1. The van der Waals surface area contributed by atoms with E-state index in [9.17, 15) is 4.79 Å². The zero-order chi connectivity index (χ0) is 9.90. The quantitative estimate of drug-likeness (QED) is 0.638. The molecule has 0 heterocycles. The van der Waals surface area contributed by atoms with Gasteiger partial charge < -0.3 is 0 Å². The third-order valence-electron chi connectivity index (χ3n) is 2.89. The fourth-order valence-corrected chi connectivity index (χ4v) is 2.00. The summed E-state index contributed by atoms with van der Waals surface area (Å²) in [6.45, 7) is 6.83. The lowest BCUT2D eigenvalue weighted by Gasteiger charge is -2.25. The standard InChI is InChI=1S/C12H22O/c1-12(2,3)8-7-10-5-4-6-11(13)9-10/h10H,4-9H2,1-3H3. The second-order valence-corrected chi connectivity index (χ2v) is 5.60. The molecule has 1 nitrogen and oxygen atoms in total. The van der Waals surface area contributed by atoms with E-state index in [1.807, 2.05) is 0 Å². The van der Waals surface area contributed by atoms with Crippen molar-refractivity contribution in [1.82, 2.24) is 0 Å². The van der Waals surface area contributed by atoms with Crippen LogP contribution in [0.2, 0.25) is 0 Å². The summed E-state index contributed by atoms with van der Waals surface area (Å²) >= 11 is 0. The molecule has 0 saturated heterocycles. The Bertz CT molecular complexity index is 176. The van der Waals surface area contributed by atoms with Crippen molar-refractivity contribution in [1.29, 1.82) is 0 Å². The SMILES string of the molecule is CC(C)(C)CCC1CCCC(=O)C1. The minimum atomic E-state index is 0.431. The average molecular weight is 182 g/mol. The maximum atomic E-state index is 11.2. The van der Waals surface area contributed by atoms with Gasteiger partial charge in [-0.15, -0.1) is 0 Å². The highest BCUT2D eigenvalue weighted by Gasteiger charge is 2.21. The minimum absolute atomic E-state index is 0.431. The van der Waals surface area contributed by atoms with Crippen LogP contribution in [-0.2, 0) is 4.79 Å². The molecule has 1 fully saturated rings. The smallest absolute Gasteiger partial charge is 0.133 e. The van der Waals surface area contributed by atoms with E-state index in [2.05, 4.69) is 20.8 Å². The molecule has 1 aliphatic rings. The molecule has 0 spiro atoms. The monoisotopic (exact) mass is 182 g/mol. The first-order valence-electron chi connectivity index (χ1n) is 5.49. The van der Waals surface area contributed by atoms with Crippen molar-refractivity contribution in [3.8, 4) is 0 Å². The first-order valence-corrected chi connectivity index (χ1v) is 5.49. The summed E-state index contributed by atoms with van der Waals surface area (Å²) in [5.74, 6) is 1.19. The lowest BCUT2D eigenvalue weighted by atomic mass is 9.80. The molecule has 0 N–H and O–H groups in total. The second kappa shape index (κ2) is 4.26. The summed E-state index contributed by atoms with van der Waals surface area (Å²) in [7, 11) is 0. The van der Waals surface area contributed by atoms with Gasteiger partial charge in [0.05, 0.1) is 0 Å². The van der Waals surface area contributed by atoms with Crippen molar-refractivity contribution in [3.05, 3.63) is 0 Å². The van der Waals surface area contributed by atoms with E-state index >= 15 is 0 Å². The molecule has 1 aliphatic carbocycles. The van der Waals surface area contributed by atoms with E-state index < -0.39 is 0 Å². The van der Waals surface area contributed by atoms with Gasteiger partial charge in [0.25, 0.3) is 0 Å². The van der Waals surface area contributed by atoms with Crippen LogP contribution < -0.4 is 0 Å². The third-order valence-corrected chi connectivity index (χ3v) is 2.89. The Hall–Kier alpha value is -0.330. The number of carbonyl (C=O) groups excluding carboxylic acids is 1. The Morgan fingerprint density at radius 3 is 2.62 bits per heavy atom. The van der Waals surface area contributed by atoms with Gasteiger partial charge in [0.2, 0.25) is 0 Å². The highest BCUT2D eigenvalue weighted by atomic mass is 16.1. The van der Waals surface area contributed by atoms with Crippen molar-refractivity contribution in [2.24, 2.45) is 11.3 Å². The van der Waals surface area contributed by atoms with Gasteiger partial charge in [-0.25, -0.2) is 0 Å². The van der Waals surface area contributed by atoms with Crippen LogP contribution in [0.4, 0.5) is 0 Å². The molecule has 0 amide bonds. The fourth-order valence-electron chi connectivity index (χ4n) is 2.00. The summed E-state index contributed by atoms with van der Waals surface area (Å²) in [6.07, 6.45) is 6.61. The van der Waals surface area contributed by atoms with Crippen molar-refractivity contribution in [2.45, 2.75) is 59.3 Å². The molecule has 0 aliphatic heterocycles. The lowest BCUT2D eigenvalue weighted by molar-refractivity contribution is -0.121. The van der Waals surface area contributed by atoms with E-state index in [1.54, 1.807) is 0 Å². The maximum Gasteiger partial charge on any atom is 0.133 e. The van der Waals surface area contributed by atoms with Crippen LogP contribution in [0.1, 0.15) is 59.3 Å². The normalized spacial score (nSPS) is 24.8. The van der Waals surface area contributed by atoms with Crippen LogP contribution in [0.25, 0.3) is 0 Å². The van der Waals surface area contributed by atoms with Crippen LogP contribution in [0.5, 0.6) is 0 Å². The average Bonchev–Trinajstić information content (AvgIpc) is 2.00. The zero-order valence-corrected chi connectivity index (χ0v) is 9.23. The number of hydrogen-bond donors (Lipinski definition) is 0.